The molecule has 0 saturated carbocycles. The topological polar surface area (TPSA) is 46.5 Å². The summed E-state index contributed by atoms with van der Waals surface area (Å²) in [6.45, 7) is 8.56. The van der Waals surface area contributed by atoms with Crippen LogP contribution >= 0.6 is 0 Å². The summed E-state index contributed by atoms with van der Waals surface area (Å²) in [5, 5.41) is 9.12. The minimum Gasteiger partial charge on any atom is -0.486 e. The van der Waals surface area contributed by atoms with Crippen LogP contribution in [0.4, 0.5) is 0 Å². The van der Waals surface area contributed by atoms with E-state index < -0.39 is 5.97 Å². The molecule has 166 valence electrons. The molecule has 1 unspecified atom stereocenters. The van der Waals surface area contributed by atoms with Gasteiger partial charge in [-0.1, -0.05) is 55.0 Å². The zero-order valence-electron chi connectivity index (χ0n) is 19.4. The normalized spacial score (nSPS) is 15.9. The van der Waals surface area contributed by atoms with E-state index in [-0.39, 0.29) is 18.4 Å². The molecule has 0 fully saturated rings. The first-order valence-electron chi connectivity index (χ1n) is 11.5. The number of ether oxygens (including phenoxy) is 1. The highest BCUT2D eigenvalue weighted by Crippen LogP contribution is 2.39. The second-order valence-electron chi connectivity index (χ2n) is 9.10. The number of benzene rings is 3. The maximum absolute atomic E-state index is 11.1. The van der Waals surface area contributed by atoms with Crippen LogP contribution in [0.3, 0.4) is 0 Å². The third-order valence-corrected chi connectivity index (χ3v) is 6.68. The maximum Gasteiger partial charge on any atom is 0.303 e. The van der Waals surface area contributed by atoms with Gasteiger partial charge in [0, 0.05) is 0 Å². The van der Waals surface area contributed by atoms with Crippen molar-refractivity contribution in [2.24, 2.45) is 0 Å². The van der Waals surface area contributed by atoms with Crippen molar-refractivity contribution in [3.8, 4) is 16.9 Å². The Labute approximate surface area is 191 Å². The molecule has 3 nitrogen and oxygen atoms in total. The van der Waals surface area contributed by atoms with E-state index in [2.05, 4.69) is 51.1 Å². The van der Waals surface area contributed by atoms with Crippen LogP contribution in [-0.4, -0.2) is 11.1 Å². The average molecular weight is 429 g/mol. The summed E-state index contributed by atoms with van der Waals surface area (Å²) in [6, 6.07) is 19.3. The van der Waals surface area contributed by atoms with Gasteiger partial charge in [-0.15, -0.1) is 0 Å². The van der Waals surface area contributed by atoms with Crippen LogP contribution in [0.15, 0.2) is 54.6 Å². The van der Waals surface area contributed by atoms with E-state index in [1.807, 2.05) is 31.2 Å². The number of aliphatic carboxylic acids is 1. The van der Waals surface area contributed by atoms with Crippen LogP contribution in [0.1, 0.15) is 71.6 Å². The quantitative estimate of drug-likeness (QED) is 0.429. The SMILES string of the molecule is CC[C@H](CC(=O)O)c1ccc(OC2CCc3cc(-c4c(C)cc(C)cc4C)ccc32)cc1. The van der Waals surface area contributed by atoms with Crippen LogP contribution in [0.25, 0.3) is 11.1 Å². The van der Waals surface area contributed by atoms with Gasteiger partial charge in [-0.05, 0) is 97.0 Å². The first kappa shape index (κ1) is 22.1. The summed E-state index contributed by atoms with van der Waals surface area (Å²) < 4.78 is 6.34. The van der Waals surface area contributed by atoms with Gasteiger partial charge in [-0.25, -0.2) is 0 Å². The minimum atomic E-state index is -0.755. The molecule has 32 heavy (non-hydrogen) atoms. The summed E-state index contributed by atoms with van der Waals surface area (Å²) in [6.07, 6.45) is 3.03. The Morgan fingerprint density at radius 2 is 1.72 bits per heavy atom. The first-order valence-corrected chi connectivity index (χ1v) is 11.5. The lowest BCUT2D eigenvalue weighted by Crippen LogP contribution is -2.06. The number of hydrogen-bond donors (Lipinski definition) is 1. The van der Waals surface area contributed by atoms with Gasteiger partial charge in [0.2, 0.25) is 0 Å². The van der Waals surface area contributed by atoms with Gasteiger partial charge in [0.25, 0.3) is 0 Å². The van der Waals surface area contributed by atoms with Crippen LogP contribution in [0, 0.1) is 20.8 Å². The van der Waals surface area contributed by atoms with E-state index in [1.165, 1.54) is 38.9 Å². The highest BCUT2D eigenvalue weighted by atomic mass is 16.5. The largest absolute Gasteiger partial charge is 0.486 e. The van der Waals surface area contributed by atoms with Gasteiger partial charge in [0.05, 0.1) is 6.42 Å². The van der Waals surface area contributed by atoms with Gasteiger partial charge in [0.1, 0.15) is 11.9 Å². The molecule has 3 heteroatoms. The van der Waals surface area contributed by atoms with Gasteiger partial charge in [-0.2, -0.15) is 0 Å². The number of aryl methyl sites for hydroxylation is 4. The maximum atomic E-state index is 11.1. The Morgan fingerprint density at radius 3 is 2.34 bits per heavy atom. The van der Waals surface area contributed by atoms with Crippen molar-refractivity contribution in [3.05, 3.63) is 88.0 Å². The molecule has 3 aromatic rings. The number of fused-ring (bicyclic) bond motifs is 1. The van der Waals surface area contributed by atoms with Crippen LogP contribution < -0.4 is 4.74 Å². The van der Waals surface area contributed by atoms with E-state index in [1.54, 1.807) is 0 Å². The minimum absolute atomic E-state index is 0.0425. The zero-order valence-corrected chi connectivity index (χ0v) is 19.4. The lowest BCUT2D eigenvalue weighted by atomic mass is 9.92. The van der Waals surface area contributed by atoms with E-state index in [9.17, 15) is 4.79 Å². The van der Waals surface area contributed by atoms with Gasteiger partial charge >= 0.3 is 5.97 Å². The highest BCUT2D eigenvalue weighted by Gasteiger charge is 2.25. The predicted molar refractivity (Wildman–Crippen MR) is 130 cm³/mol. The summed E-state index contributed by atoms with van der Waals surface area (Å²) in [5.74, 6) is 0.127. The third kappa shape index (κ3) is 4.57. The van der Waals surface area contributed by atoms with E-state index in [0.29, 0.717) is 0 Å². The van der Waals surface area contributed by atoms with Crippen molar-refractivity contribution in [2.45, 2.75) is 65.4 Å². The Morgan fingerprint density at radius 1 is 1.03 bits per heavy atom. The average Bonchev–Trinajstić information content (AvgIpc) is 3.14. The van der Waals surface area contributed by atoms with E-state index in [0.717, 1.165) is 30.6 Å². The third-order valence-electron chi connectivity index (χ3n) is 6.68. The van der Waals surface area contributed by atoms with E-state index >= 15 is 0 Å². The molecule has 0 saturated heterocycles. The monoisotopic (exact) mass is 428 g/mol. The molecular formula is C29H32O3. The lowest BCUT2D eigenvalue weighted by Gasteiger charge is -2.18. The van der Waals surface area contributed by atoms with Crippen molar-refractivity contribution in [3.63, 3.8) is 0 Å². The number of rotatable bonds is 7. The second-order valence-corrected chi connectivity index (χ2v) is 9.10. The number of carboxylic acid groups (broad SMARTS) is 1. The highest BCUT2D eigenvalue weighted by molar-refractivity contribution is 5.72. The molecule has 1 N–H and O–H groups in total. The molecule has 0 radical (unpaired) electrons. The Bertz CT molecular complexity index is 1100. The molecule has 3 aromatic carbocycles. The van der Waals surface area contributed by atoms with Crippen molar-refractivity contribution in [1.29, 1.82) is 0 Å². The molecule has 1 aliphatic carbocycles. The number of hydrogen-bond acceptors (Lipinski definition) is 2. The number of carboxylic acids is 1. The fraction of sp³-hybridized carbons (Fsp3) is 0.345. The molecule has 0 spiro atoms. The lowest BCUT2D eigenvalue weighted by molar-refractivity contribution is -0.137. The molecule has 0 aromatic heterocycles. The van der Waals surface area contributed by atoms with Gasteiger partial charge < -0.3 is 9.84 Å². The van der Waals surface area contributed by atoms with Crippen LogP contribution in [0.5, 0.6) is 5.75 Å². The van der Waals surface area contributed by atoms with Crippen LogP contribution in [-0.2, 0) is 11.2 Å². The van der Waals surface area contributed by atoms with Crippen molar-refractivity contribution in [1.82, 2.24) is 0 Å². The Balaban J connectivity index is 1.52. The van der Waals surface area contributed by atoms with Crippen LogP contribution in [0.2, 0.25) is 0 Å². The molecular weight excluding hydrogens is 396 g/mol. The molecule has 1 aliphatic rings. The molecule has 2 atom stereocenters. The Kier molecular flexibility index (Phi) is 6.36. The molecule has 4 rings (SSSR count). The summed E-state index contributed by atoms with van der Waals surface area (Å²) in [5.41, 5.74) is 10.3. The number of carbonyl (C=O) groups is 1. The van der Waals surface area contributed by atoms with Crippen molar-refractivity contribution < 1.29 is 14.6 Å². The molecule has 0 aliphatic heterocycles. The summed E-state index contributed by atoms with van der Waals surface area (Å²) >= 11 is 0. The van der Waals surface area contributed by atoms with Gasteiger partial charge in [0.15, 0.2) is 0 Å². The zero-order chi connectivity index (χ0) is 22.8. The molecule has 0 bridgehead atoms. The van der Waals surface area contributed by atoms with Crippen molar-refractivity contribution >= 4 is 5.97 Å². The fourth-order valence-electron chi connectivity index (χ4n) is 5.18. The standard InChI is InChI=1S/C29H32O3/c1-5-21(17-28(30)31)22-6-10-25(11-7-22)32-27-13-9-23-16-24(8-12-26(23)27)29-19(3)14-18(2)15-20(29)4/h6-8,10-12,14-16,21,27H,5,9,13,17H2,1-4H3,(H,30,31)/t21-,27?/m1/s1. The smallest absolute Gasteiger partial charge is 0.303 e. The van der Waals surface area contributed by atoms with Gasteiger partial charge in [-0.3, -0.25) is 4.79 Å². The molecule has 0 amide bonds. The first-order chi connectivity index (χ1) is 15.4. The second kappa shape index (κ2) is 9.20. The molecule has 0 heterocycles. The Hall–Kier alpha value is -3.07. The van der Waals surface area contributed by atoms with E-state index in [4.69, 9.17) is 9.84 Å². The summed E-state index contributed by atoms with van der Waals surface area (Å²) in [7, 11) is 0. The fourth-order valence-corrected chi connectivity index (χ4v) is 5.18. The van der Waals surface area contributed by atoms with Crippen molar-refractivity contribution in [2.75, 3.05) is 0 Å². The predicted octanol–water partition coefficient (Wildman–Crippen LogP) is 7.31. The summed E-state index contributed by atoms with van der Waals surface area (Å²) in [4.78, 5) is 11.1.